The van der Waals surface area contributed by atoms with Crippen molar-refractivity contribution in [2.45, 2.75) is 116 Å². The number of carbonyl (C=O) groups excluding carboxylic acids is 2. The summed E-state index contributed by atoms with van der Waals surface area (Å²) in [6, 6.07) is 10.8. The number of esters is 1. The van der Waals surface area contributed by atoms with Crippen molar-refractivity contribution in [2.75, 3.05) is 33.8 Å². The molecule has 1 rings (SSSR count). The molecule has 0 bridgehead atoms. The van der Waals surface area contributed by atoms with Crippen molar-refractivity contribution in [3.8, 4) is 0 Å². The lowest BCUT2D eigenvalue weighted by Crippen LogP contribution is -2.27. The Morgan fingerprint density at radius 1 is 0.694 bits per heavy atom. The molecule has 0 saturated carbocycles. The quantitative estimate of drug-likeness (QED) is 0.121. The second kappa shape index (κ2) is 23.5. The van der Waals surface area contributed by atoms with Crippen LogP contribution in [0.3, 0.4) is 0 Å². The van der Waals surface area contributed by atoms with Crippen LogP contribution in [0, 0.1) is 0 Å². The van der Waals surface area contributed by atoms with Gasteiger partial charge in [-0.15, -0.1) is 0 Å². The summed E-state index contributed by atoms with van der Waals surface area (Å²) in [5, 5.41) is 2.91. The van der Waals surface area contributed by atoms with E-state index in [1.165, 1.54) is 95.5 Å². The maximum atomic E-state index is 11.9. The van der Waals surface area contributed by atoms with Crippen LogP contribution in [0.5, 0.6) is 0 Å². The van der Waals surface area contributed by atoms with E-state index in [1.807, 2.05) is 14.1 Å². The number of benzene rings is 1. The molecule has 5 heteroatoms. The molecule has 0 aliphatic heterocycles. The highest BCUT2D eigenvalue weighted by atomic mass is 16.5. The lowest BCUT2D eigenvalue weighted by molar-refractivity contribution is -0.144. The molecule has 1 N–H and O–H groups in total. The first-order chi connectivity index (χ1) is 17.6. The molecular formula is C31H54N2O3. The summed E-state index contributed by atoms with van der Waals surface area (Å²) in [5.41, 5.74) is 1.48. The van der Waals surface area contributed by atoms with Crippen molar-refractivity contribution < 1.29 is 14.3 Å². The van der Waals surface area contributed by atoms with E-state index >= 15 is 0 Å². The molecule has 0 fully saturated rings. The van der Waals surface area contributed by atoms with Gasteiger partial charge in [0.15, 0.2) is 0 Å². The summed E-state index contributed by atoms with van der Waals surface area (Å²) < 4.78 is 5.11. The Labute approximate surface area is 221 Å². The number of carbonyl (C=O) groups is 2. The fourth-order valence-electron chi connectivity index (χ4n) is 4.44. The molecule has 1 aromatic carbocycles. The molecular weight excluding hydrogens is 448 g/mol. The zero-order chi connectivity index (χ0) is 26.1. The summed E-state index contributed by atoms with van der Waals surface area (Å²) in [5.74, 6) is -0.107. The van der Waals surface area contributed by atoms with Gasteiger partial charge in [-0.05, 0) is 45.3 Å². The number of hydrogen-bond acceptors (Lipinski definition) is 4. The van der Waals surface area contributed by atoms with Gasteiger partial charge in [0.05, 0.1) is 13.2 Å². The minimum atomic E-state index is -0.220. The Balaban J connectivity index is 1.73. The van der Waals surface area contributed by atoms with Gasteiger partial charge >= 0.3 is 5.97 Å². The lowest BCUT2D eigenvalue weighted by atomic mass is 10.0. The molecule has 0 radical (unpaired) electrons. The second-order valence-electron chi connectivity index (χ2n) is 10.5. The van der Waals surface area contributed by atoms with E-state index in [4.69, 9.17) is 4.74 Å². The van der Waals surface area contributed by atoms with E-state index in [0.717, 1.165) is 12.8 Å². The molecule has 206 valence electrons. The third-order valence-corrected chi connectivity index (χ3v) is 6.56. The maximum Gasteiger partial charge on any atom is 0.320 e. The predicted molar refractivity (Wildman–Crippen MR) is 151 cm³/mol. The second-order valence-corrected chi connectivity index (χ2v) is 10.5. The van der Waals surface area contributed by atoms with Gasteiger partial charge < -0.3 is 10.1 Å². The maximum absolute atomic E-state index is 11.9. The molecule has 5 nitrogen and oxygen atoms in total. The Bertz CT molecular complexity index is 648. The first kappa shape index (κ1) is 32.1. The van der Waals surface area contributed by atoms with Crippen molar-refractivity contribution in [1.29, 1.82) is 0 Å². The van der Waals surface area contributed by atoms with E-state index < -0.39 is 0 Å². The van der Waals surface area contributed by atoms with Crippen LogP contribution in [0.15, 0.2) is 30.3 Å². The Morgan fingerprint density at radius 3 is 1.72 bits per heavy atom. The molecule has 1 aromatic rings. The Kier molecular flexibility index (Phi) is 21.0. The average molecular weight is 503 g/mol. The highest BCUT2D eigenvalue weighted by molar-refractivity contribution is 5.75. The largest absolute Gasteiger partial charge is 0.465 e. The molecule has 0 unspecified atom stereocenters. The normalized spacial score (nSPS) is 11.1. The molecule has 0 saturated heterocycles. The summed E-state index contributed by atoms with van der Waals surface area (Å²) in [6.07, 6.45) is 22.3. The van der Waals surface area contributed by atoms with Gasteiger partial charge in [-0.1, -0.05) is 114 Å². The molecule has 0 aromatic heterocycles. The van der Waals surface area contributed by atoms with Crippen molar-refractivity contribution in [3.05, 3.63) is 35.9 Å². The summed E-state index contributed by atoms with van der Waals surface area (Å²) in [4.78, 5) is 25.1. The van der Waals surface area contributed by atoms with Crippen LogP contribution >= 0.6 is 0 Å². The number of aryl methyl sites for hydroxylation is 1. The van der Waals surface area contributed by atoms with E-state index in [0.29, 0.717) is 32.5 Å². The standard InChI is InChI=1S/C31H54N2O3/c1-33(2)28-31(35)36-27-21-26-32-30(34)25-20-15-13-11-9-7-5-3-4-6-8-10-12-14-17-22-29-23-18-16-19-24-29/h16,18-19,23-24H,3-15,17,20-22,25-28H2,1-2H3,(H,32,34). The monoisotopic (exact) mass is 502 g/mol. The minimum Gasteiger partial charge on any atom is -0.465 e. The molecule has 1 amide bonds. The first-order valence-corrected chi connectivity index (χ1v) is 14.7. The highest BCUT2D eigenvalue weighted by Crippen LogP contribution is 2.14. The fourth-order valence-corrected chi connectivity index (χ4v) is 4.44. The van der Waals surface area contributed by atoms with Crippen LogP contribution in [0.4, 0.5) is 0 Å². The first-order valence-electron chi connectivity index (χ1n) is 14.7. The van der Waals surface area contributed by atoms with Gasteiger partial charge in [0.1, 0.15) is 0 Å². The van der Waals surface area contributed by atoms with Gasteiger partial charge in [-0.3, -0.25) is 14.5 Å². The number of nitrogens with zero attached hydrogens (tertiary/aromatic N) is 1. The molecule has 0 heterocycles. The number of amides is 1. The average Bonchev–Trinajstić information content (AvgIpc) is 2.86. The Hall–Kier alpha value is -1.88. The van der Waals surface area contributed by atoms with Crippen molar-refractivity contribution in [1.82, 2.24) is 10.2 Å². The van der Waals surface area contributed by atoms with Crippen molar-refractivity contribution >= 4 is 11.9 Å². The van der Waals surface area contributed by atoms with Crippen LogP contribution < -0.4 is 5.32 Å². The highest BCUT2D eigenvalue weighted by Gasteiger charge is 2.04. The van der Waals surface area contributed by atoms with E-state index in [9.17, 15) is 9.59 Å². The number of hydrogen-bond donors (Lipinski definition) is 1. The molecule has 36 heavy (non-hydrogen) atoms. The van der Waals surface area contributed by atoms with Crippen molar-refractivity contribution in [3.63, 3.8) is 0 Å². The zero-order valence-corrected chi connectivity index (χ0v) is 23.4. The van der Waals surface area contributed by atoms with Crippen molar-refractivity contribution in [2.24, 2.45) is 0 Å². The Morgan fingerprint density at radius 2 is 1.19 bits per heavy atom. The molecule has 0 spiro atoms. The number of rotatable bonds is 24. The summed E-state index contributed by atoms with van der Waals surface area (Å²) in [7, 11) is 3.67. The third kappa shape index (κ3) is 21.4. The van der Waals surface area contributed by atoms with E-state index in [1.54, 1.807) is 4.90 Å². The van der Waals surface area contributed by atoms with Crippen LogP contribution in [0.25, 0.3) is 0 Å². The molecule has 0 atom stereocenters. The van der Waals surface area contributed by atoms with Crippen LogP contribution in [-0.2, 0) is 20.7 Å². The zero-order valence-electron chi connectivity index (χ0n) is 23.4. The number of ether oxygens (including phenoxy) is 1. The fraction of sp³-hybridized carbons (Fsp3) is 0.742. The minimum absolute atomic E-state index is 0.113. The molecule has 0 aliphatic rings. The smallest absolute Gasteiger partial charge is 0.320 e. The van der Waals surface area contributed by atoms with Crippen LogP contribution in [0.1, 0.15) is 115 Å². The SMILES string of the molecule is CN(C)CC(=O)OCCCNC(=O)CCCCCCCCCCCCCCCCCc1ccccc1. The van der Waals surface area contributed by atoms with Gasteiger partial charge in [0, 0.05) is 13.0 Å². The number of nitrogens with one attached hydrogen (secondary N) is 1. The van der Waals surface area contributed by atoms with Gasteiger partial charge in [0.2, 0.25) is 5.91 Å². The van der Waals surface area contributed by atoms with Crippen LogP contribution in [0.2, 0.25) is 0 Å². The van der Waals surface area contributed by atoms with Crippen LogP contribution in [-0.4, -0.2) is 50.6 Å². The third-order valence-electron chi connectivity index (χ3n) is 6.56. The number of likely N-dealkylation sites (N-methyl/N-ethyl adjacent to an activating group) is 1. The summed E-state index contributed by atoms with van der Waals surface area (Å²) in [6.45, 7) is 1.23. The van der Waals surface area contributed by atoms with Gasteiger partial charge in [-0.2, -0.15) is 0 Å². The topological polar surface area (TPSA) is 58.6 Å². The summed E-state index contributed by atoms with van der Waals surface area (Å²) >= 11 is 0. The van der Waals surface area contributed by atoms with Gasteiger partial charge in [-0.25, -0.2) is 0 Å². The van der Waals surface area contributed by atoms with E-state index in [-0.39, 0.29) is 11.9 Å². The number of unbranched alkanes of at least 4 members (excludes halogenated alkanes) is 14. The predicted octanol–water partition coefficient (Wildman–Crippen LogP) is 7.08. The lowest BCUT2D eigenvalue weighted by Gasteiger charge is -2.09. The molecule has 0 aliphatic carbocycles. The van der Waals surface area contributed by atoms with Gasteiger partial charge in [0.25, 0.3) is 0 Å². The van der Waals surface area contributed by atoms with E-state index in [2.05, 4.69) is 35.6 Å².